The minimum atomic E-state index is -0.411. The van der Waals surface area contributed by atoms with Crippen LogP contribution in [0.1, 0.15) is 37.9 Å². The third-order valence-electron chi connectivity index (χ3n) is 7.41. The third-order valence-corrected chi connectivity index (χ3v) is 7.71. The molecule has 0 aliphatic carbocycles. The van der Waals surface area contributed by atoms with Gasteiger partial charge in [0, 0.05) is 23.5 Å². The number of rotatable bonds is 8. The summed E-state index contributed by atoms with van der Waals surface area (Å²) in [5.74, 6) is 2.13. The van der Waals surface area contributed by atoms with E-state index in [4.69, 9.17) is 31.8 Å². The number of amides is 2. The largest absolute Gasteiger partial charge is 0.495 e. The maximum absolute atomic E-state index is 14.2. The number of nitrogen functional groups attached to an aromatic ring is 1. The zero-order valence-corrected chi connectivity index (χ0v) is 26.9. The van der Waals surface area contributed by atoms with Crippen LogP contribution in [0.2, 0.25) is 5.02 Å². The fourth-order valence-corrected chi connectivity index (χ4v) is 4.94. The van der Waals surface area contributed by atoms with Crippen LogP contribution in [-0.2, 0) is 0 Å². The molecule has 3 N–H and O–H groups in total. The number of nitrogens with two attached hydrogens (primary N) is 1. The van der Waals surface area contributed by atoms with Crippen LogP contribution in [-0.4, -0.2) is 60.2 Å². The average Bonchev–Trinajstić information content (AvgIpc) is 3.03. The molecule has 5 rings (SSSR count). The van der Waals surface area contributed by atoms with Gasteiger partial charge in [0.25, 0.3) is 0 Å². The highest BCUT2D eigenvalue weighted by molar-refractivity contribution is 6.34. The van der Waals surface area contributed by atoms with Gasteiger partial charge in [-0.25, -0.2) is 19.7 Å². The lowest BCUT2D eigenvalue weighted by Crippen LogP contribution is -2.48. The number of para-hydroxylation sites is 1. The summed E-state index contributed by atoms with van der Waals surface area (Å²) in [7, 11) is 5.22. The number of fused-ring (bicyclic) bond motifs is 1. The number of carbonyl (C=O) groups excluding carboxylic acids is 1. The maximum Gasteiger partial charge on any atom is 0.336 e. The molecule has 11 nitrogen and oxygen atoms in total. The van der Waals surface area contributed by atoms with Crippen LogP contribution in [0.25, 0.3) is 0 Å². The van der Waals surface area contributed by atoms with E-state index in [2.05, 4.69) is 41.1 Å². The van der Waals surface area contributed by atoms with Crippen LogP contribution in [0.5, 0.6) is 11.5 Å². The molecule has 44 heavy (non-hydrogen) atoms. The minimum absolute atomic E-state index is 0.271. The van der Waals surface area contributed by atoms with E-state index in [1.807, 2.05) is 26.0 Å². The van der Waals surface area contributed by atoms with Crippen LogP contribution in [0.4, 0.5) is 39.4 Å². The first-order valence-corrected chi connectivity index (χ1v) is 14.7. The van der Waals surface area contributed by atoms with Gasteiger partial charge in [0.05, 0.1) is 42.9 Å². The summed E-state index contributed by atoms with van der Waals surface area (Å²) in [6.45, 7) is 10.5. The molecule has 0 fully saturated rings. The molecule has 1 unspecified atom stereocenters. The third kappa shape index (κ3) is 6.79. The lowest BCUT2D eigenvalue weighted by molar-refractivity contribution is 0.250. The van der Waals surface area contributed by atoms with Gasteiger partial charge in [-0.05, 0) is 69.9 Å². The number of methoxy groups -OCH3 is 2. The van der Waals surface area contributed by atoms with E-state index in [1.165, 1.54) is 4.90 Å². The van der Waals surface area contributed by atoms with Gasteiger partial charge in [0.2, 0.25) is 5.95 Å². The molecule has 4 aromatic rings. The fraction of sp³-hybridized carbons (Fsp3) is 0.312. The second-order valence-electron chi connectivity index (χ2n) is 10.2. The zero-order chi connectivity index (χ0) is 32.0. The molecule has 0 spiro atoms. The van der Waals surface area contributed by atoms with E-state index in [0.29, 0.717) is 45.2 Å². The summed E-state index contributed by atoms with van der Waals surface area (Å²) < 4.78 is 10.7. The molecule has 0 radical (unpaired) electrons. The quantitative estimate of drug-likeness (QED) is 0.201. The highest BCUT2D eigenvalue weighted by atomic mass is 35.5. The SMILES string of the molecule is CCN(C)CC.COc1ccc(N2C(=O)N(c3c(C)cccc3Cl)C(C)c3cnc(Nc4ccc(N)cc4OC)nc32)nc1. The number of carbonyl (C=O) groups is 1. The van der Waals surface area contributed by atoms with Gasteiger partial charge in [-0.3, -0.25) is 4.90 Å². The van der Waals surface area contributed by atoms with Crippen LogP contribution in [0.15, 0.2) is 60.9 Å². The van der Waals surface area contributed by atoms with Gasteiger partial charge < -0.3 is 25.4 Å². The summed E-state index contributed by atoms with van der Waals surface area (Å²) >= 11 is 6.60. The van der Waals surface area contributed by atoms with Gasteiger partial charge in [-0.1, -0.05) is 37.6 Å². The predicted molar refractivity (Wildman–Crippen MR) is 177 cm³/mol. The van der Waals surface area contributed by atoms with Gasteiger partial charge in [0.15, 0.2) is 5.82 Å². The van der Waals surface area contributed by atoms with Gasteiger partial charge >= 0.3 is 6.03 Å². The standard InChI is InChI=1S/C27H26ClN7O3.C5H13N/c1-15-6-5-7-20(28)24(15)34-16(2)19-14-31-26(32-21-10-8-17(29)12-22(21)38-4)33-25(19)35(27(34)36)23-11-9-18(37-3)13-30-23;1-4-6(3)5-2/h5-14,16H,29H2,1-4H3,(H,31,32,33);4-5H2,1-3H3. The Hall–Kier alpha value is -4.61. The van der Waals surface area contributed by atoms with Crippen molar-refractivity contribution in [2.45, 2.75) is 33.7 Å². The van der Waals surface area contributed by atoms with Crippen molar-refractivity contribution in [3.8, 4) is 11.5 Å². The van der Waals surface area contributed by atoms with E-state index in [0.717, 1.165) is 24.2 Å². The van der Waals surface area contributed by atoms with Gasteiger partial charge in [-0.2, -0.15) is 4.98 Å². The van der Waals surface area contributed by atoms with Crippen molar-refractivity contribution < 1.29 is 14.3 Å². The van der Waals surface area contributed by atoms with Crippen molar-refractivity contribution in [3.63, 3.8) is 0 Å². The lowest BCUT2D eigenvalue weighted by atomic mass is 10.0. The van der Waals surface area contributed by atoms with Crippen LogP contribution >= 0.6 is 11.6 Å². The highest BCUT2D eigenvalue weighted by Gasteiger charge is 2.40. The molecule has 2 aromatic heterocycles. The molecule has 2 aromatic carbocycles. The number of urea groups is 1. The highest BCUT2D eigenvalue weighted by Crippen LogP contribution is 2.44. The summed E-state index contributed by atoms with van der Waals surface area (Å²) in [5, 5.41) is 3.63. The molecule has 0 bridgehead atoms. The number of hydrogen-bond donors (Lipinski definition) is 2. The van der Waals surface area contributed by atoms with Crippen molar-refractivity contribution in [1.29, 1.82) is 0 Å². The molecule has 0 saturated heterocycles. The van der Waals surface area contributed by atoms with E-state index >= 15 is 0 Å². The number of ether oxygens (including phenoxy) is 2. The van der Waals surface area contributed by atoms with Crippen molar-refractivity contribution in [1.82, 2.24) is 19.9 Å². The maximum atomic E-state index is 14.2. The van der Waals surface area contributed by atoms with Crippen molar-refractivity contribution >= 4 is 52.3 Å². The zero-order valence-electron chi connectivity index (χ0n) is 26.1. The Kier molecular flexibility index (Phi) is 10.5. The Balaban J connectivity index is 0.000000670. The molecule has 12 heteroatoms. The second kappa shape index (κ2) is 14.2. The second-order valence-corrected chi connectivity index (χ2v) is 10.6. The first kappa shape index (κ1) is 32.3. The summed E-state index contributed by atoms with van der Waals surface area (Å²) in [6.07, 6.45) is 3.24. The van der Waals surface area contributed by atoms with Crippen molar-refractivity contribution in [2.75, 3.05) is 55.2 Å². The molecule has 232 valence electrons. The first-order chi connectivity index (χ1) is 21.1. The number of anilines is 6. The number of aryl methyl sites for hydroxylation is 1. The number of hydrogen-bond acceptors (Lipinski definition) is 9. The summed E-state index contributed by atoms with van der Waals surface area (Å²) in [5.41, 5.74) is 9.27. The predicted octanol–water partition coefficient (Wildman–Crippen LogP) is 6.97. The van der Waals surface area contributed by atoms with E-state index in [1.54, 1.807) is 67.9 Å². The molecular formula is C32H39ClN8O3. The average molecular weight is 619 g/mol. The number of nitrogens with zero attached hydrogens (tertiary/aromatic N) is 6. The molecule has 2 amide bonds. The monoisotopic (exact) mass is 618 g/mol. The topological polar surface area (TPSA) is 122 Å². The van der Waals surface area contributed by atoms with Gasteiger partial charge in [0.1, 0.15) is 17.3 Å². The first-order valence-electron chi connectivity index (χ1n) is 14.3. The Morgan fingerprint density at radius 1 is 1.05 bits per heavy atom. The molecule has 0 saturated carbocycles. The van der Waals surface area contributed by atoms with Crippen LogP contribution in [0, 0.1) is 6.92 Å². The summed E-state index contributed by atoms with van der Waals surface area (Å²) in [4.78, 5) is 33.3. The molecule has 1 aliphatic rings. The number of pyridine rings is 1. The molecule has 1 atom stereocenters. The number of benzene rings is 2. The lowest BCUT2D eigenvalue weighted by Gasteiger charge is -2.40. The van der Waals surface area contributed by atoms with Crippen molar-refractivity contribution in [3.05, 3.63) is 77.1 Å². The normalized spacial score (nSPS) is 14.1. The Morgan fingerprint density at radius 3 is 2.39 bits per heavy atom. The molecular weight excluding hydrogens is 580 g/mol. The molecule has 3 heterocycles. The van der Waals surface area contributed by atoms with E-state index in [9.17, 15) is 4.79 Å². The van der Waals surface area contributed by atoms with Crippen LogP contribution in [0.3, 0.4) is 0 Å². The van der Waals surface area contributed by atoms with E-state index in [-0.39, 0.29) is 12.0 Å². The minimum Gasteiger partial charge on any atom is -0.495 e. The number of nitrogens with one attached hydrogen (secondary N) is 1. The summed E-state index contributed by atoms with van der Waals surface area (Å²) in [6, 6.07) is 13.4. The fourth-order valence-electron chi connectivity index (χ4n) is 4.62. The Morgan fingerprint density at radius 2 is 1.80 bits per heavy atom. The van der Waals surface area contributed by atoms with Gasteiger partial charge in [-0.15, -0.1) is 0 Å². The van der Waals surface area contributed by atoms with Crippen LogP contribution < -0.4 is 30.3 Å². The number of halogens is 1. The Bertz CT molecular complexity index is 1580. The molecule has 1 aliphatic heterocycles. The Labute approximate surface area is 263 Å². The van der Waals surface area contributed by atoms with E-state index < -0.39 is 6.04 Å². The smallest absolute Gasteiger partial charge is 0.336 e. The van der Waals surface area contributed by atoms with Crippen molar-refractivity contribution in [2.24, 2.45) is 0 Å². The number of aromatic nitrogens is 3.